The molecule has 0 atom stereocenters. The van der Waals surface area contributed by atoms with E-state index in [0.717, 1.165) is 15.7 Å². The summed E-state index contributed by atoms with van der Waals surface area (Å²) in [4.78, 5) is 12.2. The Morgan fingerprint density at radius 2 is 1.90 bits per heavy atom. The van der Waals surface area contributed by atoms with Gasteiger partial charge in [-0.2, -0.15) is 5.10 Å². The highest BCUT2D eigenvalue weighted by molar-refractivity contribution is 9.10. The van der Waals surface area contributed by atoms with Gasteiger partial charge in [0.25, 0.3) is 5.91 Å². The van der Waals surface area contributed by atoms with Gasteiger partial charge in [-0.15, -0.1) is 10.2 Å². The van der Waals surface area contributed by atoms with E-state index in [0.29, 0.717) is 16.7 Å². The van der Waals surface area contributed by atoms with Crippen LogP contribution in [0.2, 0.25) is 0 Å². The van der Waals surface area contributed by atoms with E-state index in [2.05, 4.69) is 36.7 Å². The number of hydrogen-bond acceptors (Lipinski definition) is 6. The Morgan fingerprint density at radius 3 is 2.63 bits per heavy atom. The number of furan rings is 1. The molecule has 2 heterocycles. The predicted octanol–water partition coefficient (Wildman–Crippen LogP) is 4.53. The first-order chi connectivity index (χ1) is 14.7. The minimum absolute atomic E-state index is 0.138. The number of thioether (sulfide) groups is 1. The Hall–Kier alpha value is -3.17. The molecule has 1 N–H and O–H groups in total. The molecule has 4 aromatic rings. The molecule has 0 unspecified atom stereocenters. The molecule has 0 saturated heterocycles. The van der Waals surface area contributed by atoms with Crippen LogP contribution in [0.25, 0.3) is 17.1 Å². The molecule has 150 valence electrons. The molecule has 0 radical (unpaired) electrons. The van der Waals surface area contributed by atoms with E-state index in [1.54, 1.807) is 12.1 Å². The Morgan fingerprint density at radius 1 is 1.10 bits per heavy atom. The van der Waals surface area contributed by atoms with Crippen molar-refractivity contribution in [2.45, 2.75) is 5.16 Å². The second-order valence-corrected chi connectivity index (χ2v) is 7.94. The highest BCUT2D eigenvalue weighted by atomic mass is 79.9. The average Bonchev–Trinajstić information content (AvgIpc) is 3.43. The van der Waals surface area contributed by atoms with Gasteiger partial charge in [-0.1, -0.05) is 58.0 Å². The summed E-state index contributed by atoms with van der Waals surface area (Å²) in [5.74, 6) is 1.15. The fourth-order valence-electron chi connectivity index (χ4n) is 2.66. The van der Waals surface area contributed by atoms with Crippen LogP contribution in [0.15, 0.2) is 92.1 Å². The molecular formula is C21H16BrN5O2S. The van der Waals surface area contributed by atoms with Gasteiger partial charge in [-0.3, -0.25) is 9.36 Å². The van der Waals surface area contributed by atoms with Crippen molar-refractivity contribution in [3.8, 4) is 17.1 Å². The van der Waals surface area contributed by atoms with Crippen LogP contribution in [0.5, 0.6) is 0 Å². The van der Waals surface area contributed by atoms with Gasteiger partial charge in [0, 0.05) is 15.7 Å². The van der Waals surface area contributed by atoms with E-state index in [1.807, 2.05) is 59.2 Å². The summed E-state index contributed by atoms with van der Waals surface area (Å²) in [6.45, 7) is 0. The van der Waals surface area contributed by atoms with Crippen LogP contribution < -0.4 is 5.43 Å². The van der Waals surface area contributed by atoms with Crippen molar-refractivity contribution >= 4 is 39.8 Å². The highest BCUT2D eigenvalue weighted by Crippen LogP contribution is 2.28. The largest absolute Gasteiger partial charge is 0.463 e. The van der Waals surface area contributed by atoms with Gasteiger partial charge in [0.15, 0.2) is 11.0 Å². The molecule has 0 aliphatic carbocycles. The highest BCUT2D eigenvalue weighted by Gasteiger charge is 2.17. The van der Waals surface area contributed by atoms with E-state index in [9.17, 15) is 4.79 Å². The van der Waals surface area contributed by atoms with Crippen molar-refractivity contribution in [2.24, 2.45) is 5.10 Å². The van der Waals surface area contributed by atoms with Crippen LogP contribution in [0.1, 0.15) is 5.76 Å². The number of halogens is 1. The number of carbonyl (C=O) groups excluding carboxylic acids is 1. The third-order valence-electron chi connectivity index (χ3n) is 4.01. The molecule has 7 nitrogen and oxygen atoms in total. The van der Waals surface area contributed by atoms with Crippen LogP contribution in [0, 0.1) is 0 Å². The van der Waals surface area contributed by atoms with Gasteiger partial charge in [-0.25, -0.2) is 5.43 Å². The molecule has 9 heteroatoms. The maximum atomic E-state index is 12.2. The molecule has 0 fully saturated rings. The molecule has 0 bridgehead atoms. The molecule has 4 rings (SSSR count). The van der Waals surface area contributed by atoms with Crippen LogP contribution in [-0.2, 0) is 4.79 Å². The number of benzene rings is 2. The molecule has 2 aromatic carbocycles. The lowest BCUT2D eigenvalue weighted by Gasteiger charge is -2.10. The van der Waals surface area contributed by atoms with Crippen LogP contribution in [0.4, 0.5) is 0 Å². The van der Waals surface area contributed by atoms with Crippen LogP contribution >= 0.6 is 27.7 Å². The summed E-state index contributed by atoms with van der Waals surface area (Å²) in [7, 11) is 0. The minimum Gasteiger partial charge on any atom is -0.463 e. The Bertz CT molecular complexity index is 1140. The SMILES string of the molecule is O=C(CSc1nnc(-c2ccccc2)n1-c1ccc(Br)cc1)N/N=C/c1ccco1. The number of hydrazone groups is 1. The normalized spacial score (nSPS) is 11.1. The first-order valence-electron chi connectivity index (χ1n) is 8.96. The summed E-state index contributed by atoms with van der Waals surface area (Å²) in [6.07, 6.45) is 2.98. The number of amides is 1. The van der Waals surface area contributed by atoms with E-state index >= 15 is 0 Å². The molecule has 30 heavy (non-hydrogen) atoms. The van der Waals surface area contributed by atoms with Crippen molar-refractivity contribution in [1.82, 2.24) is 20.2 Å². The molecule has 0 saturated carbocycles. The summed E-state index contributed by atoms with van der Waals surface area (Å²) < 4.78 is 8.04. The maximum Gasteiger partial charge on any atom is 0.250 e. The van der Waals surface area contributed by atoms with Crippen molar-refractivity contribution < 1.29 is 9.21 Å². The second kappa shape index (κ2) is 9.55. The summed E-state index contributed by atoms with van der Waals surface area (Å²) in [6, 6.07) is 21.1. The van der Waals surface area contributed by atoms with E-state index in [-0.39, 0.29) is 11.7 Å². The number of nitrogens with zero attached hydrogens (tertiary/aromatic N) is 4. The molecule has 0 aliphatic heterocycles. The summed E-state index contributed by atoms with van der Waals surface area (Å²) in [5, 5.41) is 13.2. The van der Waals surface area contributed by atoms with E-state index < -0.39 is 0 Å². The third-order valence-corrected chi connectivity index (χ3v) is 5.46. The Kier molecular flexibility index (Phi) is 6.41. The van der Waals surface area contributed by atoms with E-state index in [4.69, 9.17) is 4.42 Å². The number of hydrogen-bond donors (Lipinski definition) is 1. The topological polar surface area (TPSA) is 85.3 Å². The van der Waals surface area contributed by atoms with Gasteiger partial charge in [-0.05, 0) is 36.4 Å². The smallest absolute Gasteiger partial charge is 0.250 e. The quantitative estimate of drug-likeness (QED) is 0.238. The summed E-state index contributed by atoms with van der Waals surface area (Å²) >= 11 is 4.75. The zero-order chi connectivity index (χ0) is 20.8. The second-order valence-electron chi connectivity index (χ2n) is 6.08. The fourth-order valence-corrected chi connectivity index (χ4v) is 3.66. The lowest BCUT2D eigenvalue weighted by molar-refractivity contribution is -0.118. The van der Waals surface area contributed by atoms with Crippen molar-refractivity contribution in [1.29, 1.82) is 0 Å². The number of rotatable bonds is 7. The lowest BCUT2D eigenvalue weighted by Crippen LogP contribution is -2.19. The van der Waals surface area contributed by atoms with Crippen LogP contribution in [0.3, 0.4) is 0 Å². The van der Waals surface area contributed by atoms with Crippen LogP contribution in [-0.4, -0.2) is 32.6 Å². The summed E-state index contributed by atoms with van der Waals surface area (Å²) in [5.41, 5.74) is 4.32. The zero-order valence-electron chi connectivity index (χ0n) is 15.6. The average molecular weight is 482 g/mol. The first-order valence-corrected chi connectivity index (χ1v) is 10.7. The first kappa shape index (κ1) is 20.1. The Balaban J connectivity index is 1.53. The third kappa shape index (κ3) is 4.87. The van der Waals surface area contributed by atoms with Crippen molar-refractivity contribution in [3.63, 3.8) is 0 Å². The molecule has 1 amide bonds. The molecular weight excluding hydrogens is 466 g/mol. The lowest BCUT2D eigenvalue weighted by atomic mass is 10.2. The standard InChI is InChI=1S/C21H16BrN5O2S/c22-16-8-10-17(11-9-16)27-20(15-5-2-1-3-6-15)25-26-21(27)30-14-19(28)24-23-13-18-7-4-12-29-18/h1-13H,14H2,(H,24,28)/b23-13+. The maximum absolute atomic E-state index is 12.2. The monoisotopic (exact) mass is 481 g/mol. The van der Waals surface area contributed by atoms with Crippen molar-refractivity contribution in [2.75, 3.05) is 5.75 Å². The van der Waals surface area contributed by atoms with Gasteiger partial charge in [0.05, 0.1) is 18.2 Å². The fraction of sp³-hybridized carbons (Fsp3) is 0.0476. The number of aromatic nitrogens is 3. The van der Waals surface area contributed by atoms with Gasteiger partial charge in [0.1, 0.15) is 5.76 Å². The molecule has 0 aliphatic rings. The number of nitrogens with one attached hydrogen (secondary N) is 1. The predicted molar refractivity (Wildman–Crippen MR) is 120 cm³/mol. The van der Waals surface area contributed by atoms with Gasteiger partial charge in [0.2, 0.25) is 0 Å². The van der Waals surface area contributed by atoms with E-state index in [1.165, 1.54) is 24.2 Å². The molecule has 2 aromatic heterocycles. The minimum atomic E-state index is -0.255. The number of carbonyl (C=O) groups is 1. The van der Waals surface area contributed by atoms with Gasteiger partial charge < -0.3 is 4.42 Å². The zero-order valence-corrected chi connectivity index (χ0v) is 18.0. The Labute approximate surface area is 185 Å². The van der Waals surface area contributed by atoms with Crippen molar-refractivity contribution in [3.05, 3.63) is 83.2 Å². The molecule has 0 spiro atoms. The van der Waals surface area contributed by atoms with Gasteiger partial charge >= 0.3 is 0 Å².